The van der Waals surface area contributed by atoms with Crippen molar-refractivity contribution < 1.29 is 85.9 Å². The zero-order valence-corrected chi connectivity index (χ0v) is 65.5. The maximum atomic E-state index is 13.6. The van der Waals surface area contributed by atoms with Gasteiger partial charge >= 0.3 is 12.1 Å². The number of azide groups is 3. The molecule has 2 aliphatic carbocycles. The highest BCUT2D eigenvalue weighted by molar-refractivity contribution is 5.76. The van der Waals surface area contributed by atoms with Gasteiger partial charge in [0, 0.05) is 87.2 Å². The molecule has 2 N–H and O–H groups in total. The number of aromatic nitrogens is 9. The third kappa shape index (κ3) is 45.8. The summed E-state index contributed by atoms with van der Waals surface area (Å²) in [7, 11) is 8.31. The lowest BCUT2D eigenvalue weighted by Crippen LogP contribution is -2.54. The monoisotopic (exact) mass is 1550 g/mol. The van der Waals surface area contributed by atoms with Crippen molar-refractivity contribution in [3.63, 3.8) is 0 Å². The summed E-state index contributed by atoms with van der Waals surface area (Å²) in [5, 5.41) is 61.3. The van der Waals surface area contributed by atoms with Crippen LogP contribution in [0.2, 0.25) is 0 Å². The van der Waals surface area contributed by atoms with E-state index in [2.05, 4.69) is 105 Å². The third-order valence-corrected chi connectivity index (χ3v) is 16.8. The Morgan fingerprint density at radius 2 is 1.01 bits per heavy atom. The van der Waals surface area contributed by atoms with E-state index in [9.17, 15) is 19.9 Å². The van der Waals surface area contributed by atoms with Gasteiger partial charge in [-0.25, -0.2) is 4.79 Å². The normalized spacial score (nSPS) is 14.6. The lowest BCUT2D eigenvalue weighted by Gasteiger charge is -2.56. The summed E-state index contributed by atoms with van der Waals surface area (Å²) in [6, 6.07) is 0. The molecule has 0 bridgehead atoms. The molecule has 4 heterocycles. The zero-order valence-electron chi connectivity index (χ0n) is 65.5. The van der Waals surface area contributed by atoms with Gasteiger partial charge < -0.3 is 82.3 Å². The molecular formula is C71H117N20O19-. The average Bonchev–Trinajstić information content (AvgIpc) is 1.57. The second-order valence-electron chi connectivity index (χ2n) is 27.2. The summed E-state index contributed by atoms with van der Waals surface area (Å²) in [4.78, 5) is 49.2. The molecule has 39 heteroatoms. The van der Waals surface area contributed by atoms with Gasteiger partial charge in [0.15, 0.2) is 0 Å². The third-order valence-electron chi connectivity index (χ3n) is 16.8. The number of carbonyl (C=O) groups excluding carboxylic acids is 4. The Kier molecular flexibility index (Phi) is 56.6. The maximum absolute atomic E-state index is 13.6. The molecule has 1 atom stereocenters. The van der Waals surface area contributed by atoms with Crippen molar-refractivity contribution in [2.45, 2.75) is 142 Å². The van der Waals surface area contributed by atoms with Gasteiger partial charge in [-0.1, -0.05) is 108 Å². The molecule has 2 spiro atoms. The van der Waals surface area contributed by atoms with Crippen LogP contribution in [0, 0.1) is 64.4 Å². The lowest BCUT2D eigenvalue weighted by molar-refractivity contribution is -0.191. The first kappa shape index (κ1) is 99.8. The lowest BCUT2D eigenvalue weighted by atomic mass is 9.71. The Balaban J connectivity index is 0.000000785. The van der Waals surface area contributed by atoms with E-state index < -0.39 is 16.8 Å². The first-order chi connectivity index (χ1) is 53.1. The van der Waals surface area contributed by atoms with E-state index in [-0.39, 0.29) is 148 Å². The number of hydroxylamine groups is 2. The van der Waals surface area contributed by atoms with Crippen molar-refractivity contribution in [2.24, 2.45) is 58.6 Å². The highest BCUT2D eigenvalue weighted by Gasteiger charge is 2.56. The summed E-state index contributed by atoms with van der Waals surface area (Å²) in [5.41, 5.74) is 23.7. The van der Waals surface area contributed by atoms with Crippen LogP contribution in [0.5, 0.6) is 0 Å². The van der Waals surface area contributed by atoms with Gasteiger partial charge in [0.1, 0.15) is 50.1 Å². The number of amides is 1. The first-order valence-electron chi connectivity index (χ1n) is 36.3. The number of rotatable bonds is 49. The molecule has 3 fully saturated rings. The number of aryl methyl sites for hydroxylation is 3. The predicted octanol–water partition coefficient (Wildman–Crippen LogP) is 6.69. The minimum atomic E-state index is -0.913. The van der Waals surface area contributed by atoms with Crippen LogP contribution in [0.15, 0.2) is 33.9 Å². The Hall–Kier alpha value is -8.25. The van der Waals surface area contributed by atoms with Crippen LogP contribution in [0.25, 0.3) is 31.3 Å². The molecule has 0 aromatic carbocycles. The number of ether oxygens (including phenoxy) is 13. The highest BCUT2D eigenvalue weighted by Crippen LogP contribution is 2.57. The first-order valence-corrected chi connectivity index (χ1v) is 36.3. The van der Waals surface area contributed by atoms with Crippen LogP contribution >= 0.6 is 0 Å². The van der Waals surface area contributed by atoms with Crippen LogP contribution in [-0.4, -0.2) is 263 Å². The fourth-order valence-corrected chi connectivity index (χ4v) is 11.8. The molecule has 6 rings (SSSR count). The van der Waals surface area contributed by atoms with E-state index in [1.54, 1.807) is 66.0 Å². The topological polar surface area (TPSA) is 485 Å². The quantitative estimate of drug-likeness (QED) is 0.0148. The number of aliphatic hydroxyl groups is 1. The molecule has 1 saturated heterocycles. The van der Waals surface area contributed by atoms with Gasteiger partial charge in [-0.05, 0) is 72.9 Å². The standard InChI is InChI=1S/C25H40N12O8.C23H41N2O2.C14H18O4.C7H15N3O3.CH3N3.CO2/c1-35-10-21(28-32-35)13-42-17-25(18-43-14-22-11-36(2)33-29-22,19-44-15-23-12-37(3)34-30-23)20-45-24(38)16-41-9-8-40-7-6-39-5-4-27-31-26;1-21(2,3)11-10-16-24-20(26)17-19-18-22(12-6-4-7-13-22)25(27)23(19)14-8-5-9-15-23;1-4-7-16-11-14(10-15,12-17-8-5-2)13-18-9-6-3;1-11-4-5-13-7-6-12-3-2-9-10-8;1-3-4-2;2-1-3/h10-12H,4-9,13-20H2,1-3H3;19H,4-18H2,1-3H3,(H,24,26);1-3,15H,7-13H2;2-7H2,1H3;1H3;/q;-1;;;;. The van der Waals surface area contributed by atoms with Gasteiger partial charge in [-0.2, -0.15) is 9.59 Å². The molecule has 3 aromatic rings. The van der Waals surface area contributed by atoms with Crippen molar-refractivity contribution >= 4 is 18.0 Å². The second-order valence-corrected chi connectivity index (χ2v) is 27.2. The van der Waals surface area contributed by atoms with Gasteiger partial charge in [0.25, 0.3) is 0 Å². The van der Waals surface area contributed by atoms with Crippen molar-refractivity contribution in [3.05, 3.63) is 72.2 Å². The Bertz CT molecular complexity index is 3060. The molecule has 39 nitrogen and oxygen atoms in total. The second kappa shape index (κ2) is 62.4. The number of esters is 1. The molecule has 3 aliphatic rings. The van der Waals surface area contributed by atoms with Gasteiger partial charge in [-0.15, -0.1) is 34.6 Å². The van der Waals surface area contributed by atoms with Crippen molar-refractivity contribution in [1.29, 1.82) is 0 Å². The number of hydrogen-bond donors (Lipinski definition) is 2. The largest absolute Gasteiger partial charge is 0.784 e. The maximum Gasteiger partial charge on any atom is 0.373 e. The van der Waals surface area contributed by atoms with Gasteiger partial charge in [-0.3, -0.25) is 18.8 Å². The van der Waals surface area contributed by atoms with Gasteiger partial charge in [0.2, 0.25) is 5.91 Å². The minimum absolute atomic E-state index is 0.0831. The van der Waals surface area contributed by atoms with Crippen LogP contribution in [0.3, 0.4) is 0 Å². The molecule has 2 saturated carbocycles. The number of nitrogens with zero attached hydrogens (tertiary/aromatic N) is 19. The van der Waals surface area contributed by atoms with Gasteiger partial charge in [0.05, 0.1) is 162 Å². The van der Waals surface area contributed by atoms with E-state index in [1.807, 2.05) is 0 Å². The van der Waals surface area contributed by atoms with Crippen LogP contribution < -0.4 is 5.32 Å². The summed E-state index contributed by atoms with van der Waals surface area (Å²) in [5.74, 6) is 6.89. The number of nitrogens with one attached hydrogen (secondary N) is 1. The minimum Gasteiger partial charge on any atom is -0.784 e. The summed E-state index contributed by atoms with van der Waals surface area (Å²) < 4.78 is 75.1. The number of hydrogen-bond acceptors (Lipinski definition) is 29. The molecule has 1 amide bonds. The predicted molar refractivity (Wildman–Crippen MR) is 399 cm³/mol. The molecule has 1 aliphatic heterocycles. The van der Waals surface area contributed by atoms with E-state index >= 15 is 0 Å². The van der Waals surface area contributed by atoms with Crippen molar-refractivity contribution in [1.82, 2.24) is 55.4 Å². The van der Waals surface area contributed by atoms with Crippen LogP contribution in [-0.2, 0) is 122 Å². The van der Waals surface area contributed by atoms with E-state index in [0.717, 1.165) is 64.3 Å². The highest BCUT2D eigenvalue weighted by atomic mass is 16.6. The zero-order chi connectivity index (χ0) is 81.3. The number of terminal acetylenes is 3. The van der Waals surface area contributed by atoms with Crippen LogP contribution in [0.1, 0.15) is 128 Å². The molecule has 616 valence electrons. The number of aliphatic hydroxyl groups excluding tert-OH is 1. The molecule has 0 radical (unpaired) electrons. The van der Waals surface area contributed by atoms with E-state index in [4.69, 9.17) is 107 Å². The number of carbonyl (C=O) groups is 2. The smallest absolute Gasteiger partial charge is 0.373 e. The Labute approximate surface area is 645 Å². The van der Waals surface area contributed by atoms with E-state index in [1.165, 1.54) is 32.7 Å². The molecule has 3 aromatic heterocycles. The fourth-order valence-electron chi connectivity index (χ4n) is 11.8. The average molecular weight is 1550 g/mol. The van der Waals surface area contributed by atoms with Crippen molar-refractivity contribution in [2.75, 3.05) is 179 Å². The van der Waals surface area contributed by atoms with Crippen molar-refractivity contribution in [3.8, 4) is 37.0 Å². The Morgan fingerprint density at radius 1 is 0.609 bits per heavy atom. The molecule has 110 heavy (non-hydrogen) atoms. The number of methoxy groups -OCH3 is 1. The summed E-state index contributed by atoms with van der Waals surface area (Å²) >= 11 is 0. The summed E-state index contributed by atoms with van der Waals surface area (Å²) in [6.07, 6.45) is 35.7. The molecule has 1 unspecified atom stereocenters. The van der Waals surface area contributed by atoms with Crippen LogP contribution in [0.4, 0.5) is 0 Å². The Morgan fingerprint density at radius 3 is 1.38 bits per heavy atom. The molecular weight excluding hydrogens is 1440 g/mol. The fraction of sp³-hybridized carbons (Fsp3) is 0.789. The SMILES string of the molecule is C#CCOCC(CO)(COCC#C)COCC#C.CC(C)(C)CCCNC(=O)CC1CC2(CCCCC2)N([O-])C12CCCCC2.CN=[N+]=[N-].COCCOCCOCCN=[N+]=[N-].Cn1cc(COCC(COCc2cn(C)nn2)(COCc2cn(C)nn2)COC(=O)COCCOCCOCCN=[N+]=[N-])nn1.O=C=O. The summed E-state index contributed by atoms with van der Waals surface area (Å²) in [6.45, 7) is 13.7. The van der Waals surface area contributed by atoms with E-state index in [0.29, 0.717) is 88.3 Å².